The van der Waals surface area contributed by atoms with Gasteiger partial charge in [0.05, 0.1) is 0 Å². The van der Waals surface area contributed by atoms with Crippen LogP contribution in [0.5, 0.6) is 0 Å². The van der Waals surface area contributed by atoms with Crippen molar-refractivity contribution < 1.29 is 0 Å². The minimum Gasteiger partial charge on any atom is -0.261 e. The SMILES string of the molecule is CCC(CS)c1ccccn1. The molecular formula is C9H13NS. The van der Waals surface area contributed by atoms with E-state index in [2.05, 4.69) is 30.6 Å². The molecule has 0 N–H and O–H groups in total. The number of pyridine rings is 1. The van der Waals surface area contributed by atoms with Crippen LogP contribution in [0, 0.1) is 0 Å². The molecule has 0 amide bonds. The molecule has 0 aliphatic rings. The minimum absolute atomic E-state index is 0.513. The molecule has 0 fully saturated rings. The van der Waals surface area contributed by atoms with Gasteiger partial charge < -0.3 is 0 Å². The molecule has 1 aromatic heterocycles. The Morgan fingerprint density at radius 1 is 1.55 bits per heavy atom. The Bertz CT molecular complexity index is 194. The average Bonchev–Trinajstić information content (AvgIpc) is 2.09. The van der Waals surface area contributed by atoms with Crippen molar-refractivity contribution in [2.75, 3.05) is 5.75 Å². The molecule has 0 aliphatic carbocycles. The maximum Gasteiger partial charge on any atom is 0.0442 e. The lowest BCUT2D eigenvalue weighted by molar-refractivity contribution is 0.720. The first-order valence-electron chi connectivity index (χ1n) is 3.90. The van der Waals surface area contributed by atoms with E-state index >= 15 is 0 Å². The molecule has 0 radical (unpaired) electrons. The van der Waals surface area contributed by atoms with Gasteiger partial charge in [-0.2, -0.15) is 12.6 Å². The van der Waals surface area contributed by atoms with E-state index in [1.54, 1.807) is 0 Å². The average molecular weight is 167 g/mol. The van der Waals surface area contributed by atoms with Gasteiger partial charge in [0.2, 0.25) is 0 Å². The van der Waals surface area contributed by atoms with E-state index in [0.717, 1.165) is 17.9 Å². The zero-order chi connectivity index (χ0) is 8.10. The summed E-state index contributed by atoms with van der Waals surface area (Å²) in [5, 5.41) is 0. The Labute approximate surface area is 73.3 Å². The van der Waals surface area contributed by atoms with Gasteiger partial charge in [0, 0.05) is 17.8 Å². The van der Waals surface area contributed by atoms with Gasteiger partial charge in [0.25, 0.3) is 0 Å². The van der Waals surface area contributed by atoms with Crippen LogP contribution in [-0.2, 0) is 0 Å². The molecule has 0 saturated heterocycles. The van der Waals surface area contributed by atoms with Gasteiger partial charge in [-0.1, -0.05) is 13.0 Å². The van der Waals surface area contributed by atoms with Crippen LogP contribution in [0.1, 0.15) is 25.0 Å². The molecular weight excluding hydrogens is 154 g/mol. The maximum atomic E-state index is 4.27. The molecule has 1 unspecified atom stereocenters. The Morgan fingerprint density at radius 3 is 2.82 bits per heavy atom. The van der Waals surface area contributed by atoms with Crippen LogP contribution < -0.4 is 0 Å². The van der Waals surface area contributed by atoms with E-state index in [0.29, 0.717) is 5.92 Å². The number of hydrogen-bond donors (Lipinski definition) is 1. The summed E-state index contributed by atoms with van der Waals surface area (Å²) < 4.78 is 0. The van der Waals surface area contributed by atoms with Crippen LogP contribution in [0.15, 0.2) is 24.4 Å². The first kappa shape index (κ1) is 8.60. The summed E-state index contributed by atoms with van der Waals surface area (Å²) in [7, 11) is 0. The van der Waals surface area contributed by atoms with Crippen LogP contribution in [0.2, 0.25) is 0 Å². The molecule has 11 heavy (non-hydrogen) atoms. The zero-order valence-electron chi connectivity index (χ0n) is 6.70. The Morgan fingerprint density at radius 2 is 2.36 bits per heavy atom. The molecule has 1 atom stereocenters. The fourth-order valence-electron chi connectivity index (χ4n) is 1.05. The van der Waals surface area contributed by atoms with Crippen molar-refractivity contribution in [1.82, 2.24) is 4.98 Å². The summed E-state index contributed by atoms with van der Waals surface area (Å²) in [6, 6.07) is 6.02. The largest absolute Gasteiger partial charge is 0.261 e. The molecule has 0 bridgehead atoms. The van der Waals surface area contributed by atoms with Crippen LogP contribution in [-0.4, -0.2) is 10.7 Å². The molecule has 1 rings (SSSR count). The number of aromatic nitrogens is 1. The van der Waals surface area contributed by atoms with Crippen molar-refractivity contribution in [2.24, 2.45) is 0 Å². The smallest absolute Gasteiger partial charge is 0.0442 e. The van der Waals surface area contributed by atoms with Crippen molar-refractivity contribution in [2.45, 2.75) is 19.3 Å². The molecule has 1 nitrogen and oxygen atoms in total. The van der Waals surface area contributed by atoms with E-state index in [9.17, 15) is 0 Å². The summed E-state index contributed by atoms with van der Waals surface area (Å²) in [4.78, 5) is 4.27. The summed E-state index contributed by atoms with van der Waals surface area (Å²) in [5.74, 6) is 1.40. The summed E-state index contributed by atoms with van der Waals surface area (Å²) in [5.41, 5.74) is 1.16. The molecule has 0 aromatic carbocycles. The molecule has 2 heteroatoms. The molecule has 0 spiro atoms. The van der Waals surface area contributed by atoms with Crippen molar-refractivity contribution in [3.8, 4) is 0 Å². The van der Waals surface area contributed by atoms with Crippen LogP contribution >= 0.6 is 12.6 Å². The third-order valence-corrected chi connectivity index (χ3v) is 2.26. The zero-order valence-corrected chi connectivity index (χ0v) is 7.59. The first-order valence-corrected chi connectivity index (χ1v) is 4.53. The maximum absolute atomic E-state index is 4.27. The highest BCUT2D eigenvalue weighted by Gasteiger charge is 2.06. The highest BCUT2D eigenvalue weighted by Crippen LogP contribution is 2.17. The van der Waals surface area contributed by atoms with Crippen LogP contribution in [0.3, 0.4) is 0 Å². The Balaban J connectivity index is 2.74. The fraction of sp³-hybridized carbons (Fsp3) is 0.444. The highest BCUT2D eigenvalue weighted by molar-refractivity contribution is 7.80. The van der Waals surface area contributed by atoms with Gasteiger partial charge in [-0.3, -0.25) is 4.98 Å². The van der Waals surface area contributed by atoms with Gasteiger partial charge in [0.1, 0.15) is 0 Å². The van der Waals surface area contributed by atoms with Crippen LogP contribution in [0.4, 0.5) is 0 Å². The lowest BCUT2D eigenvalue weighted by Crippen LogP contribution is -2.00. The predicted molar refractivity (Wildman–Crippen MR) is 51.1 cm³/mol. The van der Waals surface area contributed by atoms with Gasteiger partial charge in [-0.25, -0.2) is 0 Å². The monoisotopic (exact) mass is 167 g/mol. The molecule has 0 aliphatic heterocycles. The van der Waals surface area contributed by atoms with Crippen molar-refractivity contribution >= 4 is 12.6 Å². The molecule has 0 saturated carbocycles. The second-order valence-electron chi connectivity index (χ2n) is 2.54. The lowest BCUT2D eigenvalue weighted by Gasteiger charge is -2.09. The standard InChI is InChI=1S/C9H13NS/c1-2-8(7-11)9-5-3-4-6-10-9/h3-6,8,11H,2,7H2,1H3. The van der Waals surface area contributed by atoms with Gasteiger partial charge in [0.15, 0.2) is 0 Å². The van der Waals surface area contributed by atoms with E-state index in [-0.39, 0.29) is 0 Å². The van der Waals surface area contributed by atoms with E-state index < -0.39 is 0 Å². The van der Waals surface area contributed by atoms with Gasteiger partial charge in [-0.15, -0.1) is 0 Å². The van der Waals surface area contributed by atoms with E-state index in [1.807, 2.05) is 18.3 Å². The fourth-order valence-corrected chi connectivity index (χ4v) is 1.49. The third-order valence-electron chi connectivity index (χ3n) is 1.82. The molecule has 1 heterocycles. The van der Waals surface area contributed by atoms with Crippen LogP contribution in [0.25, 0.3) is 0 Å². The minimum atomic E-state index is 0.513. The van der Waals surface area contributed by atoms with Crippen molar-refractivity contribution in [1.29, 1.82) is 0 Å². The summed E-state index contributed by atoms with van der Waals surface area (Å²) in [6.07, 6.45) is 2.95. The van der Waals surface area contributed by atoms with Crippen molar-refractivity contribution in [3.63, 3.8) is 0 Å². The Hall–Kier alpha value is -0.500. The highest BCUT2D eigenvalue weighted by atomic mass is 32.1. The second kappa shape index (κ2) is 4.39. The topological polar surface area (TPSA) is 12.9 Å². The number of hydrogen-bond acceptors (Lipinski definition) is 2. The van der Waals surface area contributed by atoms with Crippen molar-refractivity contribution in [3.05, 3.63) is 30.1 Å². The Kier molecular flexibility index (Phi) is 3.43. The summed E-state index contributed by atoms with van der Waals surface area (Å²) in [6.45, 7) is 2.16. The van der Waals surface area contributed by atoms with E-state index in [4.69, 9.17) is 0 Å². The molecule has 60 valence electrons. The first-order chi connectivity index (χ1) is 5.38. The number of nitrogens with zero attached hydrogens (tertiary/aromatic N) is 1. The van der Waals surface area contributed by atoms with Gasteiger partial charge >= 0.3 is 0 Å². The second-order valence-corrected chi connectivity index (χ2v) is 2.91. The normalized spacial score (nSPS) is 12.9. The van der Waals surface area contributed by atoms with E-state index in [1.165, 1.54) is 0 Å². The summed E-state index contributed by atoms with van der Waals surface area (Å²) >= 11 is 4.27. The third kappa shape index (κ3) is 2.22. The number of thiol groups is 1. The predicted octanol–water partition coefficient (Wildman–Crippen LogP) is 2.51. The number of rotatable bonds is 3. The quantitative estimate of drug-likeness (QED) is 0.682. The lowest BCUT2D eigenvalue weighted by atomic mass is 10.0. The van der Waals surface area contributed by atoms with Gasteiger partial charge in [-0.05, 0) is 24.3 Å². The molecule has 1 aromatic rings.